The molecule has 0 aromatic heterocycles. The van der Waals surface area contributed by atoms with Crippen molar-refractivity contribution in [2.24, 2.45) is 0 Å². The van der Waals surface area contributed by atoms with Crippen LogP contribution in [-0.2, 0) is 4.79 Å². The largest absolute Gasteiger partial charge is 0.356 e. The molecule has 0 rings (SSSR count). The van der Waals surface area contributed by atoms with Crippen LogP contribution in [0.5, 0.6) is 0 Å². The SMILES string of the molecule is CCCCC/C=C/C/C=C/CCCCCCCC(=O)NCCCCC. The van der Waals surface area contributed by atoms with Gasteiger partial charge < -0.3 is 5.32 Å². The van der Waals surface area contributed by atoms with Crippen molar-refractivity contribution in [3.05, 3.63) is 24.3 Å². The van der Waals surface area contributed by atoms with E-state index < -0.39 is 0 Å². The highest BCUT2D eigenvalue weighted by molar-refractivity contribution is 5.75. The molecule has 0 fully saturated rings. The zero-order valence-electron chi connectivity index (χ0n) is 17.0. The van der Waals surface area contributed by atoms with Crippen molar-refractivity contribution >= 4 is 5.91 Å². The third kappa shape index (κ3) is 20.9. The first kappa shape index (κ1) is 23.9. The Kier molecular flexibility index (Phi) is 20.1. The van der Waals surface area contributed by atoms with E-state index in [0.29, 0.717) is 6.42 Å². The molecule has 0 atom stereocenters. The Bertz CT molecular complexity index is 333. The topological polar surface area (TPSA) is 29.1 Å². The molecule has 0 unspecified atom stereocenters. The Labute approximate surface area is 157 Å². The number of allylic oxidation sites excluding steroid dienone is 4. The number of carbonyl (C=O) groups is 1. The molecule has 2 heteroatoms. The van der Waals surface area contributed by atoms with Gasteiger partial charge in [0.15, 0.2) is 0 Å². The van der Waals surface area contributed by atoms with Crippen LogP contribution >= 0.6 is 0 Å². The van der Waals surface area contributed by atoms with Gasteiger partial charge in [0.2, 0.25) is 5.91 Å². The summed E-state index contributed by atoms with van der Waals surface area (Å²) in [4.78, 5) is 11.6. The zero-order valence-corrected chi connectivity index (χ0v) is 17.0. The minimum absolute atomic E-state index is 0.238. The predicted molar refractivity (Wildman–Crippen MR) is 112 cm³/mol. The number of unbranched alkanes of at least 4 members (excludes halogenated alkanes) is 10. The van der Waals surface area contributed by atoms with Gasteiger partial charge in [-0.05, 0) is 44.9 Å². The van der Waals surface area contributed by atoms with Crippen LogP contribution in [0.15, 0.2) is 24.3 Å². The lowest BCUT2D eigenvalue weighted by atomic mass is 10.1. The maximum Gasteiger partial charge on any atom is 0.219 e. The molecule has 0 aliphatic heterocycles. The zero-order chi connectivity index (χ0) is 18.4. The summed E-state index contributed by atoms with van der Waals surface area (Å²) >= 11 is 0. The summed E-state index contributed by atoms with van der Waals surface area (Å²) in [6, 6.07) is 0. The summed E-state index contributed by atoms with van der Waals surface area (Å²) in [5.41, 5.74) is 0. The highest BCUT2D eigenvalue weighted by atomic mass is 16.1. The van der Waals surface area contributed by atoms with Gasteiger partial charge in [0, 0.05) is 13.0 Å². The number of hydrogen-bond donors (Lipinski definition) is 1. The lowest BCUT2D eigenvalue weighted by molar-refractivity contribution is -0.121. The summed E-state index contributed by atoms with van der Waals surface area (Å²) in [5, 5.41) is 3.01. The van der Waals surface area contributed by atoms with Crippen LogP contribution in [0.1, 0.15) is 110 Å². The minimum Gasteiger partial charge on any atom is -0.356 e. The molecule has 0 saturated heterocycles. The summed E-state index contributed by atoms with van der Waals surface area (Å²) in [5.74, 6) is 0.238. The molecule has 1 amide bonds. The number of nitrogens with one attached hydrogen (secondary N) is 1. The summed E-state index contributed by atoms with van der Waals surface area (Å²) in [6.45, 7) is 5.29. The quantitative estimate of drug-likeness (QED) is 0.207. The molecule has 0 aliphatic carbocycles. The fourth-order valence-electron chi connectivity index (χ4n) is 2.79. The van der Waals surface area contributed by atoms with Crippen molar-refractivity contribution in [3.8, 4) is 0 Å². The molecular weight excluding hydrogens is 306 g/mol. The average Bonchev–Trinajstić information content (AvgIpc) is 2.62. The Balaban J connectivity index is 3.25. The van der Waals surface area contributed by atoms with Gasteiger partial charge in [-0.2, -0.15) is 0 Å². The van der Waals surface area contributed by atoms with Gasteiger partial charge in [-0.3, -0.25) is 4.79 Å². The number of amides is 1. The fraction of sp³-hybridized carbons (Fsp3) is 0.783. The molecule has 0 saturated carbocycles. The van der Waals surface area contributed by atoms with Crippen molar-refractivity contribution in [1.82, 2.24) is 5.32 Å². The van der Waals surface area contributed by atoms with E-state index in [1.54, 1.807) is 0 Å². The fourth-order valence-corrected chi connectivity index (χ4v) is 2.79. The maximum atomic E-state index is 11.6. The molecule has 2 nitrogen and oxygen atoms in total. The summed E-state index contributed by atoms with van der Waals surface area (Å²) in [6.07, 6.45) is 27.0. The third-order valence-electron chi connectivity index (χ3n) is 4.46. The Morgan fingerprint density at radius 3 is 1.92 bits per heavy atom. The van der Waals surface area contributed by atoms with Crippen LogP contribution in [0, 0.1) is 0 Å². The summed E-state index contributed by atoms with van der Waals surface area (Å²) < 4.78 is 0. The van der Waals surface area contributed by atoms with Gasteiger partial charge in [0.05, 0.1) is 0 Å². The minimum atomic E-state index is 0.238. The molecule has 0 heterocycles. The van der Waals surface area contributed by atoms with Crippen LogP contribution in [0.2, 0.25) is 0 Å². The second-order valence-corrected chi connectivity index (χ2v) is 7.04. The third-order valence-corrected chi connectivity index (χ3v) is 4.46. The normalized spacial score (nSPS) is 11.6. The van der Waals surface area contributed by atoms with Crippen molar-refractivity contribution < 1.29 is 4.79 Å². The van der Waals surface area contributed by atoms with Gasteiger partial charge >= 0.3 is 0 Å². The number of carbonyl (C=O) groups excluding carboxylic acids is 1. The van der Waals surface area contributed by atoms with Crippen LogP contribution < -0.4 is 5.32 Å². The predicted octanol–water partition coefficient (Wildman–Crippen LogP) is 7.11. The Morgan fingerprint density at radius 1 is 0.680 bits per heavy atom. The first-order valence-corrected chi connectivity index (χ1v) is 10.9. The summed E-state index contributed by atoms with van der Waals surface area (Å²) in [7, 11) is 0. The highest BCUT2D eigenvalue weighted by Crippen LogP contribution is 2.08. The Hall–Kier alpha value is -1.05. The molecule has 146 valence electrons. The lowest BCUT2D eigenvalue weighted by Gasteiger charge is -2.04. The monoisotopic (exact) mass is 349 g/mol. The second kappa shape index (κ2) is 21.0. The van der Waals surface area contributed by atoms with E-state index in [0.717, 1.165) is 25.8 Å². The van der Waals surface area contributed by atoms with Crippen molar-refractivity contribution in [3.63, 3.8) is 0 Å². The van der Waals surface area contributed by atoms with Gasteiger partial charge in [0.1, 0.15) is 0 Å². The van der Waals surface area contributed by atoms with Crippen LogP contribution in [0.4, 0.5) is 0 Å². The number of hydrogen-bond acceptors (Lipinski definition) is 1. The molecule has 0 aliphatic rings. The van der Waals surface area contributed by atoms with E-state index in [-0.39, 0.29) is 5.91 Å². The number of rotatable bonds is 18. The van der Waals surface area contributed by atoms with Gasteiger partial charge in [-0.1, -0.05) is 83.1 Å². The standard InChI is InChI=1S/C23H43NO/c1-3-5-7-8-9-10-11-12-13-14-15-16-17-18-19-21-23(25)24-22-20-6-4-2/h9-10,12-13H,3-8,11,14-22H2,1-2H3,(H,24,25)/b10-9+,13-12+. The molecule has 0 aromatic carbocycles. The lowest BCUT2D eigenvalue weighted by Crippen LogP contribution is -2.23. The van der Waals surface area contributed by atoms with Crippen LogP contribution in [-0.4, -0.2) is 12.5 Å². The van der Waals surface area contributed by atoms with Gasteiger partial charge in [-0.15, -0.1) is 0 Å². The van der Waals surface area contributed by atoms with E-state index in [4.69, 9.17) is 0 Å². The van der Waals surface area contributed by atoms with E-state index >= 15 is 0 Å². The second-order valence-electron chi connectivity index (χ2n) is 7.04. The van der Waals surface area contributed by atoms with Gasteiger partial charge in [-0.25, -0.2) is 0 Å². The van der Waals surface area contributed by atoms with Crippen molar-refractivity contribution in [2.45, 2.75) is 110 Å². The van der Waals surface area contributed by atoms with E-state index in [9.17, 15) is 4.79 Å². The van der Waals surface area contributed by atoms with E-state index in [1.165, 1.54) is 70.6 Å². The van der Waals surface area contributed by atoms with E-state index in [1.807, 2.05) is 0 Å². The highest BCUT2D eigenvalue weighted by Gasteiger charge is 1.99. The molecule has 0 spiro atoms. The molecule has 25 heavy (non-hydrogen) atoms. The molecule has 1 N–H and O–H groups in total. The van der Waals surface area contributed by atoms with Crippen LogP contribution in [0.25, 0.3) is 0 Å². The molecular formula is C23H43NO. The van der Waals surface area contributed by atoms with Crippen molar-refractivity contribution in [1.29, 1.82) is 0 Å². The van der Waals surface area contributed by atoms with Crippen molar-refractivity contribution in [2.75, 3.05) is 6.54 Å². The first-order chi connectivity index (χ1) is 12.3. The smallest absolute Gasteiger partial charge is 0.219 e. The van der Waals surface area contributed by atoms with Crippen LogP contribution in [0.3, 0.4) is 0 Å². The molecule has 0 radical (unpaired) electrons. The van der Waals surface area contributed by atoms with E-state index in [2.05, 4.69) is 43.5 Å². The van der Waals surface area contributed by atoms with Gasteiger partial charge in [0.25, 0.3) is 0 Å². The molecule has 0 aromatic rings. The Morgan fingerprint density at radius 2 is 1.24 bits per heavy atom. The molecule has 0 bridgehead atoms. The maximum absolute atomic E-state index is 11.6. The average molecular weight is 350 g/mol. The first-order valence-electron chi connectivity index (χ1n) is 10.9.